The number of anilines is 3. The van der Waals surface area contributed by atoms with Crippen molar-refractivity contribution >= 4 is 82.8 Å². The molecule has 0 saturated carbocycles. The van der Waals surface area contributed by atoms with Crippen molar-refractivity contribution in [2.45, 2.75) is 0 Å². The predicted octanol–water partition coefficient (Wildman–Crippen LogP) is 18.2. The zero-order valence-corrected chi connectivity index (χ0v) is 35.9. The maximum absolute atomic E-state index is 2.45. The molecule has 1 nitrogen and oxygen atoms in total. The number of rotatable bonds is 8. The minimum atomic E-state index is 1.13. The van der Waals surface area contributed by atoms with Gasteiger partial charge in [-0.1, -0.05) is 158 Å². The van der Waals surface area contributed by atoms with Gasteiger partial charge in [-0.25, -0.2) is 0 Å². The molecule has 12 rings (SSSR count). The lowest BCUT2D eigenvalue weighted by atomic mass is 9.84. The Morgan fingerprint density at radius 2 is 0.635 bits per heavy atom. The zero-order chi connectivity index (χ0) is 41.7. The summed E-state index contributed by atoms with van der Waals surface area (Å²) in [6.45, 7) is 0. The summed E-state index contributed by atoms with van der Waals surface area (Å²) in [7, 11) is 0. The van der Waals surface area contributed by atoms with Crippen LogP contribution in [0.4, 0.5) is 17.1 Å². The third-order valence-corrected chi connectivity index (χ3v) is 14.7. The average Bonchev–Trinajstić information content (AvgIpc) is 4.06. The normalized spacial score (nSPS) is 11.5. The molecule has 0 spiro atoms. The molecule has 0 saturated heterocycles. The molecule has 296 valence electrons. The van der Waals surface area contributed by atoms with Gasteiger partial charge in [0.2, 0.25) is 0 Å². The Kier molecular flexibility index (Phi) is 9.29. The van der Waals surface area contributed by atoms with Crippen molar-refractivity contribution in [2.24, 2.45) is 0 Å². The second-order valence-corrected chi connectivity index (χ2v) is 18.2. The van der Waals surface area contributed by atoms with E-state index in [1.165, 1.54) is 96.0 Å². The lowest BCUT2D eigenvalue weighted by Crippen LogP contribution is -2.09. The van der Waals surface area contributed by atoms with Crippen LogP contribution in [-0.4, -0.2) is 0 Å². The fourth-order valence-electron chi connectivity index (χ4n) is 9.27. The number of hydrogen-bond acceptors (Lipinski definition) is 3. The minimum absolute atomic E-state index is 1.13. The van der Waals surface area contributed by atoms with Crippen molar-refractivity contribution in [2.75, 3.05) is 4.90 Å². The van der Waals surface area contributed by atoms with Gasteiger partial charge in [-0.2, -0.15) is 0 Å². The highest BCUT2D eigenvalue weighted by molar-refractivity contribution is 7.25. The Balaban J connectivity index is 0.937. The van der Waals surface area contributed by atoms with Gasteiger partial charge in [0.25, 0.3) is 0 Å². The molecule has 2 aromatic heterocycles. The molecular formula is C60H39NS2. The van der Waals surface area contributed by atoms with Crippen molar-refractivity contribution < 1.29 is 0 Å². The Labute approximate surface area is 375 Å². The van der Waals surface area contributed by atoms with E-state index in [2.05, 4.69) is 241 Å². The number of thiophene rings is 2. The Morgan fingerprint density at radius 3 is 1.19 bits per heavy atom. The molecule has 0 fully saturated rings. The van der Waals surface area contributed by atoms with Gasteiger partial charge in [-0.05, 0) is 155 Å². The molecule has 0 aliphatic carbocycles. The van der Waals surface area contributed by atoms with Crippen LogP contribution in [0.1, 0.15) is 0 Å². The molecule has 63 heavy (non-hydrogen) atoms. The second-order valence-electron chi connectivity index (χ2n) is 16.1. The Bertz CT molecular complexity index is 3580. The van der Waals surface area contributed by atoms with E-state index < -0.39 is 0 Å². The molecule has 0 atom stereocenters. The number of benzene rings is 10. The highest BCUT2D eigenvalue weighted by Gasteiger charge is 2.19. The monoisotopic (exact) mass is 837 g/mol. The second kappa shape index (κ2) is 15.7. The van der Waals surface area contributed by atoms with Crippen molar-refractivity contribution in [1.82, 2.24) is 0 Å². The SMILES string of the molecule is c1ccc(N(c2ccccc2)c2ccc(-c3ccc(-c4ccc(-c5ccc6c(-c7ccc8ccccc8c7)c7ccccc7c(-c7ccc8ccccc8c7)c6c5)s4)s3)cc2)cc1. The van der Waals surface area contributed by atoms with Gasteiger partial charge in [-0.3, -0.25) is 0 Å². The van der Waals surface area contributed by atoms with Crippen molar-refractivity contribution in [3.63, 3.8) is 0 Å². The van der Waals surface area contributed by atoms with Crippen LogP contribution in [0.5, 0.6) is 0 Å². The quantitative estimate of drug-likeness (QED) is 0.138. The van der Waals surface area contributed by atoms with Crippen molar-refractivity contribution in [1.29, 1.82) is 0 Å². The highest BCUT2D eigenvalue weighted by Crippen LogP contribution is 2.47. The van der Waals surface area contributed by atoms with E-state index in [1.807, 2.05) is 22.7 Å². The van der Waals surface area contributed by atoms with E-state index >= 15 is 0 Å². The van der Waals surface area contributed by atoms with Crippen molar-refractivity contribution in [3.8, 4) is 52.9 Å². The fourth-order valence-corrected chi connectivity index (χ4v) is 11.4. The number of para-hydroxylation sites is 2. The first-order valence-corrected chi connectivity index (χ1v) is 23.0. The summed E-state index contributed by atoms with van der Waals surface area (Å²) in [5.41, 5.74) is 10.9. The van der Waals surface area contributed by atoms with Crippen LogP contribution in [0.3, 0.4) is 0 Å². The Morgan fingerprint density at radius 1 is 0.238 bits per heavy atom. The summed E-state index contributed by atoms with van der Waals surface area (Å²) in [4.78, 5) is 7.39. The Hall–Kier alpha value is -7.56. The molecule has 3 heteroatoms. The first kappa shape index (κ1) is 37.2. The van der Waals surface area contributed by atoms with Crippen LogP contribution in [0.25, 0.3) is 96.0 Å². The minimum Gasteiger partial charge on any atom is -0.311 e. The fraction of sp³-hybridized carbons (Fsp3) is 0. The van der Waals surface area contributed by atoms with E-state index in [0.29, 0.717) is 0 Å². The first-order chi connectivity index (χ1) is 31.2. The van der Waals surface area contributed by atoms with Crippen LogP contribution >= 0.6 is 22.7 Å². The van der Waals surface area contributed by atoms with E-state index in [-0.39, 0.29) is 0 Å². The predicted molar refractivity (Wildman–Crippen MR) is 274 cm³/mol. The maximum Gasteiger partial charge on any atom is 0.0462 e. The van der Waals surface area contributed by atoms with Crippen molar-refractivity contribution in [3.05, 3.63) is 237 Å². The lowest BCUT2D eigenvalue weighted by molar-refractivity contribution is 1.28. The summed E-state index contributed by atoms with van der Waals surface area (Å²) in [5, 5.41) is 10.1. The highest BCUT2D eigenvalue weighted by atomic mass is 32.1. The average molecular weight is 838 g/mol. The van der Waals surface area contributed by atoms with Gasteiger partial charge in [0.05, 0.1) is 0 Å². The maximum atomic E-state index is 2.45. The molecule has 0 unspecified atom stereocenters. The first-order valence-electron chi connectivity index (χ1n) is 21.4. The van der Waals surface area contributed by atoms with E-state index in [9.17, 15) is 0 Å². The molecular weight excluding hydrogens is 799 g/mol. The number of hydrogen-bond donors (Lipinski definition) is 0. The van der Waals surface area contributed by atoms with E-state index in [0.717, 1.165) is 17.1 Å². The molecule has 2 heterocycles. The van der Waals surface area contributed by atoms with Crippen LogP contribution in [0.2, 0.25) is 0 Å². The molecule has 0 amide bonds. The molecule has 12 aromatic rings. The van der Waals surface area contributed by atoms with Gasteiger partial charge in [0, 0.05) is 36.6 Å². The molecule has 10 aromatic carbocycles. The molecule has 0 aliphatic rings. The van der Waals surface area contributed by atoms with E-state index in [4.69, 9.17) is 0 Å². The third-order valence-electron chi connectivity index (χ3n) is 12.3. The molecule has 0 bridgehead atoms. The lowest BCUT2D eigenvalue weighted by Gasteiger charge is -2.25. The summed E-state index contributed by atoms with van der Waals surface area (Å²) in [6, 6.07) is 86.6. The van der Waals surface area contributed by atoms with Gasteiger partial charge in [-0.15, -0.1) is 22.7 Å². The number of nitrogens with zero attached hydrogens (tertiary/aromatic N) is 1. The van der Waals surface area contributed by atoms with Crippen LogP contribution < -0.4 is 4.90 Å². The van der Waals surface area contributed by atoms with Crippen LogP contribution in [-0.2, 0) is 0 Å². The number of fused-ring (bicyclic) bond motifs is 4. The summed E-state index contributed by atoms with van der Waals surface area (Å²) >= 11 is 3.73. The van der Waals surface area contributed by atoms with Gasteiger partial charge in [0.1, 0.15) is 0 Å². The topological polar surface area (TPSA) is 3.24 Å². The zero-order valence-electron chi connectivity index (χ0n) is 34.3. The largest absolute Gasteiger partial charge is 0.311 e. The van der Waals surface area contributed by atoms with Gasteiger partial charge >= 0.3 is 0 Å². The van der Waals surface area contributed by atoms with Crippen LogP contribution in [0.15, 0.2) is 237 Å². The summed E-state index contributed by atoms with van der Waals surface area (Å²) in [5.74, 6) is 0. The summed E-state index contributed by atoms with van der Waals surface area (Å²) < 4.78 is 0. The smallest absolute Gasteiger partial charge is 0.0462 e. The molecule has 0 aliphatic heterocycles. The standard InChI is InChI=1S/C60H39NS2/c1-3-17-48(18-4-1)61(49-19-5-2-6-20-49)50-30-27-42(28-31-50)55-33-35-57(62-55)58-36-34-56(63-58)45-29-32-53-54(39-45)60(47-26-24-41-14-8-10-16-44(41)38-47)52-22-12-11-21-51(52)59(53)46-25-23-40-13-7-9-15-43(40)37-46/h1-39H. The van der Waals surface area contributed by atoms with Gasteiger partial charge < -0.3 is 4.90 Å². The summed E-state index contributed by atoms with van der Waals surface area (Å²) in [6.07, 6.45) is 0. The van der Waals surface area contributed by atoms with Gasteiger partial charge in [0.15, 0.2) is 0 Å². The van der Waals surface area contributed by atoms with Crippen LogP contribution in [0, 0.1) is 0 Å². The third kappa shape index (κ3) is 6.79. The molecule has 0 radical (unpaired) electrons. The molecule has 0 N–H and O–H groups in total. The van der Waals surface area contributed by atoms with E-state index in [1.54, 1.807) is 0 Å².